The molecule has 0 bridgehead atoms. The van der Waals surface area contributed by atoms with E-state index in [1.165, 1.54) is 6.42 Å². The van der Waals surface area contributed by atoms with E-state index in [2.05, 4.69) is 31.4 Å². The first-order chi connectivity index (χ1) is 10.0. The Labute approximate surface area is 125 Å². The molecule has 1 unspecified atom stereocenters. The van der Waals surface area contributed by atoms with Crippen LogP contribution in [0.15, 0.2) is 18.2 Å². The summed E-state index contributed by atoms with van der Waals surface area (Å²) >= 11 is 0. The Morgan fingerprint density at radius 3 is 2.76 bits per heavy atom. The van der Waals surface area contributed by atoms with E-state index in [1.54, 1.807) is 0 Å². The quantitative estimate of drug-likeness (QED) is 0.797. The maximum Gasteiger partial charge on any atom is 0.139 e. The first-order valence-corrected chi connectivity index (χ1v) is 7.55. The second kappa shape index (κ2) is 5.16. The molecule has 110 valence electrons. The molecule has 1 aliphatic rings. The predicted octanol–water partition coefficient (Wildman–Crippen LogP) is 3.90. The topological polar surface area (TPSA) is 50.8 Å². The Morgan fingerprint density at radius 2 is 2.14 bits per heavy atom. The van der Waals surface area contributed by atoms with E-state index in [4.69, 9.17) is 15.0 Å². The summed E-state index contributed by atoms with van der Waals surface area (Å²) in [6.07, 6.45) is 3.40. The standard InChI is InChI=1S/C17H21N3O/c1-17(2,3)20-14-8-7-12(11-18)10-13(14)19-16(20)15-6-4-5-9-21-15/h7-8,10,15H,4-6,9H2,1-3H3. The zero-order valence-corrected chi connectivity index (χ0v) is 12.9. The molecule has 0 amide bonds. The number of benzene rings is 1. The Morgan fingerprint density at radius 1 is 1.33 bits per heavy atom. The molecular formula is C17H21N3O. The number of ether oxygens (including phenoxy) is 1. The van der Waals surface area contributed by atoms with Gasteiger partial charge in [0.2, 0.25) is 0 Å². The van der Waals surface area contributed by atoms with Crippen molar-refractivity contribution in [3.63, 3.8) is 0 Å². The first-order valence-electron chi connectivity index (χ1n) is 7.55. The number of hydrogen-bond donors (Lipinski definition) is 0. The van der Waals surface area contributed by atoms with Crippen LogP contribution in [-0.4, -0.2) is 16.2 Å². The second-order valence-electron chi connectivity index (χ2n) is 6.65. The average Bonchev–Trinajstić information content (AvgIpc) is 2.86. The fourth-order valence-electron chi connectivity index (χ4n) is 3.03. The summed E-state index contributed by atoms with van der Waals surface area (Å²) in [4.78, 5) is 4.80. The highest BCUT2D eigenvalue weighted by Crippen LogP contribution is 2.34. The van der Waals surface area contributed by atoms with E-state index in [9.17, 15) is 0 Å². The number of rotatable bonds is 1. The van der Waals surface area contributed by atoms with Crippen LogP contribution in [-0.2, 0) is 10.3 Å². The van der Waals surface area contributed by atoms with Crippen molar-refractivity contribution in [3.05, 3.63) is 29.6 Å². The van der Waals surface area contributed by atoms with Gasteiger partial charge in [-0.25, -0.2) is 4.98 Å². The monoisotopic (exact) mass is 283 g/mol. The Balaban J connectivity index is 2.19. The number of nitrogens with zero attached hydrogens (tertiary/aromatic N) is 3. The summed E-state index contributed by atoms with van der Waals surface area (Å²) in [6, 6.07) is 7.91. The highest BCUT2D eigenvalue weighted by Gasteiger charge is 2.28. The summed E-state index contributed by atoms with van der Waals surface area (Å²) in [5, 5.41) is 9.07. The molecule has 2 aromatic rings. The van der Waals surface area contributed by atoms with Gasteiger partial charge in [0.25, 0.3) is 0 Å². The van der Waals surface area contributed by atoms with Gasteiger partial charge in [0.05, 0.1) is 22.7 Å². The predicted molar refractivity (Wildman–Crippen MR) is 82.0 cm³/mol. The average molecular weight is 283 g/mol. The normalized spacial score (nSPS) is 19.6. The van der Waals surface area contributed by atoms with E-state index in [1.807, 2.05) is 18.2 Å². The van der Waals surface area contributed by atoms with Gasteiger partial charge < -0.3 is 9.30 Å². The fraction of sp³-hybridized carbons (Fsp3) is 0.529. The number of nitriles is 1. The first kappa shape index (κ1) is 14.1. The van der Waals surface area contributed by atoms with Crippen molar-refractivity contribution in [2.75, 3.05) is 6.61 Å². The molecule has 1 aromatic heterocycles. The number of fused-ring (bicyclic) bond motifs is 1. The van der Waals surface area contributed by atoms with Crippen molar-refractivity contribution in [2.24, 2.45) is 0 Å². The van der Waals surface area contributed by atoms with Crippen LogP contribution >= 0.6 is 0 Å². The molecule has 4 heteroatoms. The molecule has 3 rings (SSSR count). The second-order valence-corrected chi connectivity index (χ2v) is 6.65. The summed E-state index contributed by atoms with van der Waals surface area (Å²) < 4.78 is 8.20. The molecular weight excluding hydrogens is 262 g/mol. The van der Waals surface area contributed by atoms with Crippen LogP contribution in [0.25, 0.3) is 11.0 Å². The van der Waals surface area contributed by atoms with Crippen LogP contribution in [0.5, 0.6) is 0 Å². The molecule has 0 spiro atoms. The van der Waals surface area contributed by atoms with Crippen LogP contribution in [0, 0.1) is 11.3 Å². The van der Waals surface area contributed by atoms with Gasteiger partial charge in [-0.3, -0.25) is 0 Å². The van der Waals surface area contributed by atoms with E-state index >= 15 is 0 Å². The van der Waals surface area contributed by atoms with Crippen LogP contribution in [0.3, 0.4) is 0 Å². The van der Waals surface area contributed by atoms with E-state index < -0.39 is 0 Å². The third-order valence-electron chi connectivity index (χ3n) is 3.95. The third kappa shape index (κ3) is 2.54. The zero-order valence-electron chi connectivity index (χ0n) is 12.9. The lowest BCUT2D eigenvalue weighted by Crippen LogP contribution is -2.27. The lowest BCUT2D eigenvalue weighted by atomic mass is 10.0. The lowest BCUT2D eigenvalue weighted by Gasteiger charge is -2.29. The van der Waals surface area contributed by atoms with Crippen molar-refractivity contribution in [1.29, 1.82) is 5.26 Å². The van der Waals surface area contributed by atoms with Crippen molar-refractivity contribution in [3.8, 4) is 6.07 Å². The molecule has 1 aliphatic heterocycles. The van der Waals surface area contributed by atoms with E-state index in [0.717, 1.165) is 36.3 Å². The summed E-state index contributed by atoms with van der Waals surface area (Å²) in [5.41, 5.74) is 2.54. The van der Waals surface area contributed by atoms with Gasteiger partial charge in [-0.2, -0.15) is 5.26 Å². The SMILES string of the molecule is CC(C)(C)n1c(C2CCCCO2)nc2cc(C#N)ccc21. The van der Waals surface area contributed by atoms with Crippen LogP contribution in [0.1, 0.15) is 57.5 Å². The largest absolute Gasteiger partial charge is 0.370 e. The fourth-order valence-corrected chi connectivity index (χ4v) is 3.03. The number of imidazole rings is 1. The molecule has 0 N–H and O–H groups in total. The Bertz CT molecular complexity index is 697. The minimum Gasteiger partial charge on any atom is -0.370 e. The number of aromatic nitrogens is 2. The lowest BCUT2D eigenvalue weighted by molar-refractivity contribution is 0.00565. The van der Waals surface area contributed by atoms with E-state index in [-0.39, 0.29) is 11.6 Å². The van der Waals surface area contributed by atoms with E-state index in [0.29, 0.717) is 5.56 Å². The molecule has 1 aromatic carbocycles. The van der Waals surface area contributed by atoms with Gasteiger partial charge in [-0.1, -0.05) is 0 Å². The molecule has 1 fully saturated rings. The molecule has 1 saturated heterocycles. The van der Waals surface area contributed by atoms with Crippen molar-refractivity contribution < 1.29 is 4.74 Å². The summed E-state index contributed by atoms with van der Waals surface area (Å²) in [6.45, 7) is 7.34. The molecule has 21 heavy (non-hydrogen) atoms. The molecule has 0 saturated carbocycles. The minimum absolute atomic E-state index is 0.0657. The highest BCUT2D eigenvalue weighted by molar-refractivity contribution is 5.78. The van der Waals surface area contributed by atoms with Crippen LogP contribution < -0.4 is 0 Å². The summed E-state index contributed by atoms with van der Waals surface area (Å²) in [7, 11) is 0. The third-order valence-corrected chi connectivity index (χ3v) is 3.95. The Kier molecular flexibility index (Phi) is 3.46. The van der Waals surface area contributed by atoms with Crippen molar-refractivity contribution in [2.45, 2.75) is 51.7 Å². The van der Waals surface area contributed by atoms with Crippen LogP contribution in [0.2, 0.25) is 0 Å². The molecule has 1 atom stereocenters. The molecule has 2 heterocycles. The minimum atomic E-state index is -0.0704. The smallest absolute Gasteiger partial charge is 0.139 e. The maximum absolute atomic E-state index is 9.07. The van der Waals surface area contributed by atoms with Gasteiger partial charge >= 0.3 is 0 Å². The molecule has 0 radical (unpaired) electrons. The van der Waals surface area contributed by atoms with Gasteiger partial charge in [0.15, 0.2) is 0 Å². The van der Waals surface area contributed by atoms with Gasteiger partial charge in [-0.05, 0) is 58.2 Å². The maximum atomic E-state index is 9.07. The van der Waals surface area contributed by atoms with Gasteiger partial charge in [0.1, 0.15) is 11.9 Å². The van der Waals surface area contributed by atoms with Gasteiger partial charge in [0, 0.05) is 12.1 Å². The highest BCUT2D eigenvalue weighted by atomic mass is 16.5. The van der Waals surface area contributed by atoms with Crippen molar-refractivity contribution >= 4 is 11.0 Å². The van der Waals surface area contributed by atoms with Crippen molar-refractivity contribution in [1.82, 2.24) is 9.55 Å². The Hall–Kier alpha value is -1.86. The zero-order chi connectivity index (χ0) is 15.0. The summed E-state index contributed by atoms with van der Waals surface area (Å²) in [5.74, 6) is 0.993. The number of hydrogen-bond acceptors (Lipinski definition) is 3. The molecule has 4 nitrogen and oxygen atoms in total. The van der Waals surface area contributed by atoms with Gasteiger partial charge in [-0.15, -0.1) is 0 Å². The molecule has 0 aliphatic carbocycles. The van der Waals surface area contributed by atoms with Crippen LogP contribution in [0.4, 0.5) is 0 Å².